The van der Waals surface area contributed by atoms with Gasteiger partial charge in [0.1, 0.15) is 0 Å². The second kappa shape index (κ2) is 3.95. The predicted octanol–water partition coefficient (Wildman–Crippen LogP) is 0.874. The van der Waals surface area contributed by atoms with Crippen LogP contribution in [0.2, 0.25) is 0 Å². The largest absolute Gasteiger partial charge is 0.478 e. The molecule has 1 atom stereocenters. The molecular formula is C11H10O3. The molecule has 72 valence electrons. The van der Waals surface area contributed by atoms with E-state index in [2.05, 4.69) is 11.8 Å². The van der Waals surface area contributed by atoms with Crippen molar-refractivity contribution in [3.63, 3.8) is 0 Å². The molecule has 0 aliphatic heterocycles. The van der Waals surface area contributed by atoms with Gasteiger partial charge in [-0.3, -0.25) is 0 Å². The van der Waals surface area contributed by atoms with E-state index in [0.717, 1.165) is 6.92 Å². The molecule has 0 spiro atoms. The predicted molar refractivity (Wildman–Crippen MR) is 51.6 cm³/mol. The first-order valence-electron chi connectivity index (χ1n) is 4.06. The van der Waals surface area contributed by atoms with Crippen LogP contribution in [0.4, 0.5) is 0 Å². The molecular weight excluding hydrogens is 180 g/mol. The van der Waals surface area contributed by atoms with E-state index < -0.39 is 11.6 Å². The number of rotatable bonds is 1. The van der Waals surface area contributed by atoms with Crippen molar-refractivity contribution in [3.8, 4) is 11.8 Å². The van der Waals surface area contributed by atoms with E-state index in [1.54, 1.807) is 24.3 Å². The van der Waals surface area contributed by atoms with Gasteiger partial charge in [-0.15, -0.1) is 0 Å². The molecule has 0 radical (unpaired) electrons. The van der Waals surface area contributed by atoms with Gasteiger partial charge < -0.3 is 10.2 Å². The molecule has 1 aromatic rings. The van der Waals surface area contributed by atoms with E-state index in [9.17, 15) is 9.90 Å². The van der Waals surface area contributed by atoms with Crippen LogP contribution in [0.15, 0.2) is 30.3 Å². The van der Waals surface area contributed by atoms with E-state index in [1.165, 1.54) is 0 Å². The third-order valence-electron chi connectivity index (χ3n) is 1.64. The fourth-order valence-corrected chi connectivity index (χ4v) is 0.769. The normalized spacial score (nSPS) is 13.6. The summed E-state index contributed by atoms with van der Waals surface area (Å²) in [7, 11) is 0. The lowest BCUT2D eigenvalue weighted by Gasteiger charge is -2.08. The highest BCUT2D eigenvalue weighted by molar-refractivity contribution is 5.81. The number of hydrogen-bond acceptors (Lipinski definition) is 2. The minimum atomic E-state index is -1.99. The average Bonchev–Trinajstić information content (AvgIpc) is 2.16. The topological polar surface area (TPSA) is 57.5 Å². The van der Waals surface area contributed by atoms with Gasteiger partial charge in [-0.05, 0) is 19.1 Å². The summed E-state index contributed by atoms with van der Waals surface area (Å²) in [6.45, 7) is 1.14. The number of benzene rings is 1. The highest BCUT2D eigenvalue weighted by Crippen LogP contribution is 2.02. The molecule has 0 amide bonds. The van der Waals surface area contributed by atoms with Gasteiger partial charge >= 0.3 is 5.97 Å². The molecule has 0 saturated heterocycles. The molecule has 14 heavy (non-hydrogen) atoms. The molecule has 0 heterocycles. The van der Waals surface area contributed by atoms with Crippen LogP contribution in [0.5, 0.6) is 0 Å². The summed E-state index contributed by atoms with van der Waals surface area (Å²) in [4.78, 5) is 10.5. The SMILES string of the molecule is CC(O)(C#Cc1ccccc1)C(=O)O. The molecule has 2 N–H and O–H groups in total. The standard InChI is InChI=1S/C11H10O3/c1-11(14,10(12)13)8-7-9-5-3-2-4-6-9/h2-6,14H,1H3,(H,12,13). The Morgan fingerprint density at radius 3 is 2.43 bits per heavy atom. The Morgan fingerprint density at radius 1 is 1.36 bits per heavy atom. The summed E-state index contributed by atoms with van der Waals surface area (Å²) >= 11 is 0. The van der Waals surface area contributed by atoms with Crippen LogP contribution in [0.3, 0.4) is 0 Å². The minimum absolute atomic E-state index is 0.675. The van der Waals surface area contributed by atoms with Gasteiger partial charge in [0, 0.05) is 5.56 Å². The van der Waals surface area contributed by atoms with Gasteiger partial charge in [-0.1, -0.05) is 30.0 Å². The third kappa shape index (κ3) is 2.61. The van der Waals surface area contributed by atoms with Gasteiger partial charge in [0.25, 0.3) is 0 Å². The van der Waals surface area contributed by atoms with Crippen molar-refractivity contribution in [3.05, 3.63) is 35.9 Å². The monoisotopic (exact) mass is 190 g/mol. The van der Waals surface area contributed by atoms with Crippen LogP contribution in [-0.2, 0) is 4.79 Å². The van der Waals surface area contributed by atoms with Crippen molar-refractivity contribution in [2.24, 2.45) is 0 Å². The zero-order valence-corrected chi connectivity index (χ0v) is 7.69. The summed E-state index contributed by atoms with van der Waals surface area (Å²) < 4.78 is 0. The zero-order chi connectivity index (χ0) is 10.6. The maximum Gasteiger partial charge on any atom is 0.348 e. The number of aliphatic hydroxyl groups is 1. The number of aliphatic carboxylic acids is 1. The summed E-state index contributed by atoms with van der Waals surface area (Å²) in [6, 6.07) is 8.90. The van der Waals surface area contributed by atoms with Crippen molar-refractivity contribution in [1.82, 2.24) is 0 Å². The Labute approximate surface area is 82.0 Å². The smallest absolute Gasteiger partial charge is 0.348 e. The molecule has 0 aliphatic rings. The van der Waals surface area contributed by atoms with Crippen molar-refractivity contribution in [2.75, 3.05) is 0 Å². The van der Waals surface area contributed by atoms with Crippen molar-refractivity contribution < 1.29 is 15.0 Å². The van der Waals surface area contributed by atoms with E-state index in [0.29, 0.717) is 5.56 Å². The van der Waals surface area contributed by atoms with Gasteiger partial charge in [0.05, 0.1) is 0 Å². The lowest BCUT2D eigenvalue weighted by Crippen LogP contribution is -2.32. The molecule has 1 aromatic carbocycles. The van der Waals surface area contributed by atoms with Gasteiger partial charge in [-0.2, -0.15) is 0 Å². The van der Waals surface area contributed by atoms with Crippen molar-refractivity contribution in [2.45, 2.75) is 12.5 Å². The maximum absolute atomic E-state index is 10.5. The number of hydrogen-bond donors (Lipinski definition) is 2. The first kappa shape index (κ1) is 10.3. The van der Waals surface area contributed by atoms with E-state index in [1.807, 2.05) is 6.07 Å². The van der Waals surface area contributed by atoms with Crippen molar-refractivity contribution >= 4 is 5.97 Å². The third-order valence-corrected chi connectivity index (χ3v) is 1.64. The Hall–Kier alpha value is -1.79. The Kier molecular flexibility index (Phi) is 2.90. The maximum atomic E-state index is 10.5. The van der Waals surface area contributed by atoms with E-state index in [4.69, 9.17) is 5.11 Å². The Bertz CT molecular complexity index is 382. The minimum Gasteiger partial charge on any atom is -0.478 e. The summed E-state index contributed by atoms with van der Waals surface area (Å²) in [5, 5.41) is 17.8. The number of carboxylic acids is 1. The van der Waals surface area contributed by atoms with Gasteiger partial charge in [0.2, 0.25) is 5.60 Å². The van der Waals surface area contributed by atoms with Crippen LogP contribution >= 0.6 is 0 Å². The number of carboxylic acid groups (broad SMARTS) is 1. The van der Waals surface area contributed by atoms with Crippen LogP contribution in [0, 0.1) is 11.8 Å². The molecule has 0 aliphatic carbocycles. The van der Waals surface area contributed by atoms with Crippen LogP contribution in [0.1, 0.15) is 12.5 Å². The first-order valence-corrected chi connectivity index (χ1v) is 4.06. The highest BCUT2D eigenvalue weighted by Gasteiger charge is 2.26. The second-order valence-corrected chi connectivity index (χ2v) is 2.99. The molecule has 0 bridgehead atoms. The van der Waals surface area contributed by atoms with Crippen LogP contribution < -0.4 is 0 Å². The van der Waals surface area contributed by atoms with E-state index >= 15 is 0 Å². The summed E-state index contributed by atoms with van der Waals surface area (Å²) in [6.07, 6.45) is 0. The van der Waals surface area contributed by atoms with Crippen LogP contribution in [0.25, 0.3) is 0 Å². The molecule has 1 unspecified atom stereocenters. The van der Waals surface area contributed by atoms with Gasteiger partial charge in [-0.25, -0.2) is 4.79 Å². The second-order valence-electron chi connectivity index (χ2n) is 2.99. The Morgan fingerprint density at radius 2 is 1.93 bits per heavy atom. The average molecular weight is 190 g/mol. The number of carbonyl (C=O) groups is 1. The zero-order valence-electron chi connectivity index (χ0n) is 7.69. The molecule has 3 heteroatoms. The summed E-state index contributed by atoms with van der Waals surface area (Å²) in [5.41, 5.74) is -1.32. The molecule has 1 rings (SSSR count). The molecule has 0 fully saturated rings. The fraction of sp³-hybridized carbons (Fsp3) is 0.182. The lowest BCUT2D eigenvalue weighted by molar-refractivity contribution is -0.151. The highest BCUT2D eigenvalue weighted by atomic mass is 16.4. The van der Waals surface area contributed by atoms with Crippen molar-refractivity contribution in [1.29, 1.82) is 0 Å². The first-order chi connectivity index (χ1) is 6.52. The Balaban J connectivity index is 2.89. The lowest BCUT2D eigenvalue weighted by atomic mass is 10.1. The molecule has 0 saturated carbocycles. The fourth-order valence-electron chi connectivity index (χ4n) is 0.769. The molecule has 3 nitrogen and oxygen atoms in total. The van der Waals surface area contributed by atoms with Crippen LogP contribution in [-0.4, -0.2) is 21.8 Å². The summed E-state index contributed by atoms with van der Waals surface area (Å²) in [5.74, 6) is 3.52. The van der Waals surface area contributed by atoms with Gasteiger partial charge in [0.15, 0.2) is 0 Å². The van der Waals surface area contributed by atoms with E-state index in [-0.39, 0.29) is 0 Å². The molecule has 0 aromatic heterocycles. The quantitative estimate of drug-likeness (QED) is 0.646.